The number of rotatable bonds is 4. The SMILES string of the molecule is CC[C@@H](N)C(=O)N1CCC[C@@H](Oc2ccccc2Cl)C1. The molecule has 2 N–H and O–H groups in total. The molecule has 1 aromatic rings. The fourth-order valence-corrected chi connectivity index (χ4v) is 2.54. The molecule has 1 saturated heterocycles. The highest BCUT2D eigenvalue weighted by Gasteiger charge is 2.27. The minimum absolute atomic E-state index is 0.0139. The summed E-state index contributed by atoms with van der Waals surface area (Å²) in [5, 5.41) is 0.598. The van der Waals surface area contributed by atoms with Crippen LogP contribution in [0.2, 0.25) is 5.02 Å². The second-order valence-corrected chi connectivity index (χ2v) is 5.52. The van der Waals surface area contributed by atoms with Crippen LogP contribution in [0.3, 0.4) is 0 Å². The first kappa shape index (κ1) is 15.1. The molecule has 4 nitrogen and oxygen atoms in total. The van der Waals surface area contributed by atoms with Crippen LogP contribution in [-0.4, -0.2) is 36.0 Å². The van der Waals surface area contributed by atoms with Crippen molar-refractivity contribution in [2.45, 2.75) is 38.3 Å². The molecule has 1 aliphatic rings. The zero-order valence-electron chi connectivity index (χ0n) is 11.7. The summed E-state index contributed by atoms with van der Waals surface area (Å²) in [7, 11) is 0. The maximum absolute atomic E-state index is 12.1. The van der Waals surface area contributed by atoms with Gasteiger partial charge in [-0.15, -0.1) is 0 Å². The molecule has 5 heteroatoms. The highest BCUT2D eigenvalue weighted by molar-refractivity contribution is 6.32. The van der Waals surface area contributed by atoms with Crippen molar-refractivity contribution in [1.82, 2.24) is 4.90 Å². The van der Waals surface area contributed by atoms with Gasteiger partial charge in [-0.2, -0.15) is 0 Å². The van der Waals surface area contributed by atoms with Crippen molar-refractivity contribution in [2.75, 3.05) is 13.1 Å². The van der Waals surface area contributed by atoms with Crippen molar-refractivity contribution < 1.29 is 9.53 Å². The first-order chi connectivity index (χ1) is 9.61. The van der Waals surface area contributed by atoms with Crippen molar-refractivity contribution in [2.24, 2.45) is 5.73 Å². The second-order valence-electron chi connectivity index (χ2n) is 5.11. The third-order valence-electron chi connectivity index (χ3n) is 3.58. The van der Waals surface area contributed by atoms with Gasteiger partial charge in [0.1, 0.15) is 11.9 Å². The standard InChI is InChI=1S/C15H21ClN2O2/c1-2-13(17)15(19)18-9-5-6-11(10-18)20-14-8-4-3-7-12(14)16/h3-4,7-8,11,13H,2,5-6,9-10,17H2,1H3/t11-,13-/m1/s1. The van der Waals surface area contributed by atoms with E-state index in [9.17, 15) is 4.79 Å². The summed E-state index contributed by atoms with van der Waals surface area (Å²) in [6, 6.07) is 7.00. The molecule has 0 unspecified atom stereocenters. The van der Waals surface area contributed by atoms with E-state index in [0.717, 1.165) is 19.4 Å². The number of ether oxygens (including phenoxy) is 1. The van der Waals surface area contributed by atoms with Gasteiger partial charge in [0.25, 0.3) is 0 Å². The van der Waals surface area contributed by atoms with Crippen LogP contribution in [0.1, 0.15) is 26.2 Å². The summed E-state index contributed by atoms with van der Waals surface area (Å²) >= 11 is 6.09. The summed E-state index contributed by atoms with van der Waals surface area (Å²) < 4.78 is 5.91. The van der Waals surface area contributed by atoms with Crippen LogP contribution in [0.25, 0.3) is 0 Å². The molecule has 1 aliphatic heterocycles. The van der Waals surface area contributed by atoms with E-state index in [1.165, 1.54) is 0 Å². The predicted molar refractivity (Wildman–Crippen MR) is 79.9 cm³/mol. The highest BCUT2D eigenvalue weighted by atomic mass is 35.5. The van der Waals surface area contributed by atoms with Gasteiger partial charge in [-0.25, -0.2) is 0 Å². The molecule has 1 amide bonds. The van der Waals surface area contributed by atoms with E-state index in [-0.39, 0.29) is 12.0 Å². The van der Waals surface area contributed by atoms with Crippen LogP contribution in [0.4, 0.5) is 0 Å². The summed E-state index contributed by atoms with van der Waals surface area (Å²) in [6.45, 7) is 3.26. The smallest absolute Gasteiger partial charge is 0.239 e. The Morgan fingerprint density at radius 1 is 1.55 bits per heavy atom. The third-order valence-corrected chi connectivity index (χ3v) is 3.89. The van der Waals surface area contributed by atoms with E-state index in [2.05, 4.69) is 0 Å². The number of halogens is 1. The van der Waals surface area contributed by atoms with E-state index in [0.29, 0.717) is 23.7 Å². The van der Waals surface area contributed by atoms with Crippen LogP contribution in [-0.2, 0) is 4.79 Å². The van der Waals surface area contributed by atoms with E-state index in [1.54, 1.807) is 11.0 Å². The Hall–Kier alpha value is -1.26. The Morgan fingerprint density at radius 2 is 2.30 bits per heavy atom. The molecule has 1 heterocycles. The molecule has 0 radical (unpaired) electrons. The summed E-state index contributed by atoms with van der Waals surface area (Å²) in [5.41, 5.74) is 5.82. The van der Waals surface area contributed by atoms with Crippen LogP contribution in [0, 0.1) is 0 Å². The van der Waals surface area contributed by atoms with Crippen LogP contribution < -0.4 is 10.5 Å². The summed E-state index contributed by atoms with van der Waals surface area (Å²) in [5.74, 6) is 0.688. The predicted octanol–water partition coefficient (Wildman–Crippen LogP) is 2.45. The molecule has 0 bridgehead atoms. The van der Waals surface area contributed by atoms with Crippen molar-refractivity contribution in [3.63, 3.8) is 0 Å². The average Bonchev–Trinajstić information content (AvgIpc) is 2.48. The lowest BCUT2D eigenvalue weighted by Gasteiger charge is -2.34. The van der Waals surface area contributed by atoms with Crippen LogP contribution >= 0.6 is 11.6 Å². The lowest BCUT2D eigenvalue weighted by molar-refractivity contribution is -0.135. The number of carbonyl (C=O) groups is 1. The Kier molecular flexibility index (Phi) is 5.26. The van der Waals surface area contributed by atoms with Crippen molar-refractivity contribution in [1.29, 1.82) is 0 Å². The molecule has 0 aliphatic carbocycles. The zero-order chi connectivity index (χ0) is 14.5. The molecule has 110 valence electrons. The van der Waals surface area contributed by atoms with Gasteiger partial charge in [0.15, 0.2) is 0 Å². The third kappa shape index (κ3) is 3.64. The zero-order valence-corrected chi connectivity index (χ0v) is 12.5. The van der Waals surface area contributed by atoms with Gasteiger partial charge < -0.3 is 15.4 Å². The number of nitrogens with two attached hydrogens (primary N) is 1. The van der Waals surface area contributed by atoms with E-state index in [1.807, 2.05) is 25.1 Å². The number of benzene rings is 1. The fraction of sp³-hybridized carbons (Fsp3) is 0.533. The number of likely N-dealkylation sites (tertiary alicyclic amines) is 1. The van der Waals surface area contributed by atoms with Crippen molar-refractivity contribution >= 4 is 17.5 Å². The molecular formula is C15H21ClN2O2. The first-order valence-corrected chi connectivity index (χ1v) is 7.45. The van der Waals surface area contributed by atoms with Crippen LogP contribution in [0.5, 0.6) is 5.75 Å². The summed E-state index contributed by atoms with van der Waals surface area (Å²) in [4.78, 5) is 13.9. The van der Waals surface area contributed by atoms with E-state index in [4.69, 9.17) is 22.1 Å². The summed E-state index contributed by atoms with van der Waals surface area (Å²) in [6.07, 6.45) is 2.50. The maximum Gasteiger partial charge on any atom is 0.239 e. The number of carbonyl (C=O) groups excluding carboxylic acids is 1. The number of piperidine rings is 1. The van der Waals surface area contributed by atoms with Crippen LogP contribution in [0.15, 0.2) is 24.3 Å². The number of hydrogen-bond acceptors (Lipinski definition) is 3. The topological polar surface area (TPSA) is 55.6 Å². The number of amides is 1. The fourth-order valence-electron chi connectivity index (χ4n) is 2.36. The molecular weight excluding hydrogens is 276 g/mol. The molecule has 0 saturated carbocycles. The van der Waals surface area contributed by atoms with Gasteiger partial charge >= 0.3 is 0 Å². The quantitative estimate of drug-likeness (QED) is 0.928. The largest absolute Gasteiger partial charge is 0.487 e. The minimum Gasteiger partial charge on any atom is -0.487 e. The lowest BCUT2D eigenvalue weighted by Crippen LogP contribution is -2.50. The highest BCUT2D eigenvalue weighted by Crippen LogP contribution is 2.26. The normalized spacial score (nSPS) is 20.6. The van der Waals surface area contributed by atoms with E-state index < -0.39 is 6.04 Å². The molecule has 0 aromatic heterocycles. The van der Waals surface area contributed by atoms with Crippen molar-refractivity contribution in [3.05, 3.63) is 29.3 Å². The Balaban J connectivity index is 1.97. The van der Waals surface area contributed by atoms with Gasteiger partial charge in [0.05, 0.1) is 17.6 Å². The molecule has 2 rings (SSSR count). The van der Waals surface area contributed by atoms with Gasteiger partial charge in [-0.05, 0) is 31.4 Å². The molecule has 20 heavy (non-hydrogen) atoms. The lowest BCUT2D eigenvalue weighted by atomic mass is 10.1. The maximum atomic E-state index is 12.1. The Bertz CT molecular complexity index is 467. The number of nitrogens with zero attached hydrogens (tertiary/aromatic N) is 1. The molecule has 2 atom stereocenters. The Labute approximate surface area is 124 Å². The Morgan fingerprint density at radius 3 is 3.00 bits per heavy atom. The van der Waals surface area contributed by atoms with Gasteiger partial charge in [0.2, 0.25) is 5.91 Å². The molecule has 1 aromatic carbocycles. The monoisotopic (exact) mass is 296 g/mol. The van der Waals surface area contributed by atoms with Gasteiger partial charge in [-0.1, -0.05) is 30.7 Å². The van der Waals surface area contributed by atoms with Crippen molar-refractivity contribution in [3.8, 4) is 5.75 Å². The number of hydrogen-bond donors (Lipinski definition) is 1. The van der Waals surface area contributed by atoms with E-state index >= 15 is 0 Å². The molecule has 0 spiro atoms. The first-order valence-electron chi connectivity index (χ1n) is 7.07. The average molecular weight is 297 g/mol. The van der Waals surface area contributed by atoms with Gasteiger partial charge in [0, 0.05) is 6.54 Å². The van der Waals surface area contributed by atoms with Gasteiger partial charge in [-0.3, -0.25) is 4.79 Å². The molecule has 1 fully saturated rings. The number of para-hydroxylation sites is 1. The minimum atomic E-state index is -0.408. The second kappa shape index (κ2) is 6.95.